The minimum Gasteiger partial charge on any atom is -0.346 e. The third kappa shape index (κ3) is 1.59. The normalized spacial score (nSPS) is 26.9. The van der Waals surface area contributed by atoms with Gasteiger partial charge in [-0.2, -0.15) is 0 Å². The molecule has 0 aromatic carbocycles. The Morgan fingerprint density at radius 2 is 2.27 bits per heavy atom. The zero-order chi connectivity index (χ0) is 8.43. The van der Waals surface area contributed by atoms with Crippen LogP contribution in [-0.4, -0.2) is 17.7 Å². The first-order valence-corrected chi connectivity index (χ1v) is 3.97. The summed E-state index contributed by atoms with van der Waals surface area (Å²) in [4.78, 5) is 21.9. The highest BCUT2D eigenvalue weighted by Gasteiger charge is 2.32. The van der Waals surface area contributed by atoms with Gasteiger partial charge in [0.15, 0.2) is 5.78 Å². The molecule has 2 atom stereocenters. The van der Waals surface area contributed by atoms with Crippen LogP contribution in [0.4, 0.5) is 0 Å². The Kier molecular flexibility index (Phi) is 2.27. The van der Waals surface area contributed by atoms with Crippen molar-refractivity contribution < 1.29 is 9.59 Å². The summed E-state index contributed by atoms with van der Waals surface area (Å²) in [7, 11) is 0. The van der Waals surface area contributed by atoms with Crippen LogP contribution in [0.2, 0.25) is 0 Å². The van der Waals surface area contributed by atoms with Crippen LogP contribution in [0.5, 0.6) is 0 Å². The third-order valence-electron chi connectivity index (χ3n) is 2.21. The van der Waals surface area contributed by atoms with Gasteiger partial charge in [0.2, 0.25) is 5.91 Å². The van der Waals surface area contributed by atoms with E-state index in [1.165, 1.54) is 0 Å². The van der Waals surface area contributed by atoms with E-state index >= 15 is 0 Å². The van der Waals surface area contributed by atoms with Gasteiger partial charge in [0, 0.05) is 0 Å². The minimum atomic E-state index is -0.215. The molecule has 0 spiro atoms. The first kappa shape index (κ1) is 8.24. The van der Waals surface area contributed by atoms with Gasteiger partial charge in [0.1, 0.15) is 0 Å². The summed E-state index contributed by atoms with van der Waals surface area (Å²) in [5.41, 5.74) is 0. The number of rotatable bonds is 2. The summed E-state index contributed by atoms with van der Waals surface area (Å²) in [6.07, 6.45) is 1.01. The van der Waals surface area contributed by atoms with E-state index in [2.05, 4.69) is 5.32 Å². The smallest absolute Gasteiger partial charge is 0.228 e. The van der Waals surface area contributed by atoms with Crippen molar-refractivity contribution in [1.82, 2.24) is 5.32 Å². The molecule has 3 heteroatoms. The molecule has 0 bridgehead atoms. The van der Waals surface area contributed by atoms with Gasteiger partial charge in [-0.05, 0) is 5.92 Å². The molecule has 1 aliphatic heterocycles. The number of hydrogen-bond donors (Lipinski definition) is 1. The molecular formula is C8H13NO2. The maximum atomic E-state index is 11.1. The second-order valence-corrected chi connectivity index (χ2v) is 3.07. The molecule has 1 heterocycles. The fourth-order valence-electron chi connectivity index (χ4n) is 1.27. The highest BCUT2D eigenvalue weighted by atomic mass is 16.2. The molecule has 62 valence electrons. The molecule has 1 aliphatic rings. The van der Waals surface area contributed by atoms with E-state index in [9.17, 15) is 9.59 Å². The maximum Gasteiger partial charge on any atom is 0.228 e. The largest absolute Gasteiger partial charge is 0.346 e. The van der Waals surface area contributed by atoms with Crippen LogP contribution in [-0.2, 0) is 9.59 Å². The molecule has 0 saturated carbocycles. The van der Waals surface area contributed by atoms with Crippen molar-refractivity contribution in [3.05, 3.63) is 0 Å². The molecule has 3 nitrogen and oxygen atoms in total. The summed E-state index contributed by atoms with van der Waals surface area (Å²) in [5.74, 6) is 0.193. The predicted molar refractivity (Wildman–Crippen MR) is 41.0 cm³/mol. The summed E-state index contributed by atoms with van der Waals surface area (Å²) in [6.45, 7) is 4.00. The Balaban J connectivity index is 2.59. The summed E-state index contributed by atoms with van der Waals surface area (Å²) in [5, 5.41) is 2.67. The fraction of sp³-hybridized carbons (Fsp3) is 0.750. The molecule has 1 fully saturated rings. The van der Waals surface area contributed by atoms with Gasteiger partial charge in [0.25, 0.3) is 0 Å². The van der Waals surface area contributed by atoms with Crippen molar-refractivity contribution in [3.63, 3.8) is 0 Å². The summed E-state index contributed by atoms with van der Waals surface area (Å²) in [6, 6.07) is -0.215. The van der Waals surface area contributed by atoms with Crippen molar-refractivity contribution in [2.75, 3.05) is 0 Å². The predicted octanol–water partition coefficient (Wildman–Crippen LogP) is 0.490. The Bertz CT molecular complexity index is 189. The first-order chi connectivity index (χ1) is 5.15. The van der Waals surface area contributed by atoms with Gasteiger partial charge >= 0.3 is 0 Å². The standard InChI is InChI=1S/C8H13NO2/c1-3-5(2)8-6(10)4-7(11)9-8/h5,8H,3-4H2,1-2H3,(H,9,11)/t5-,8-/m0/s1. The molecule has 0 unspecified atom stereocenters. The zero-order valence-electron chi connectivity index (χ0n) is 6.89. The molecule has 1 amide bonds. The van der Waals surface area contributed by atoms with Gasteiger partial charge in [0.05, 0.1) is 12.5 Å². The molecule has 1 saturated heterocycles. The average molecular weight is 155 g/mol. The lowest BCUT2D eigenvalue weighted by molar-refractivity contribution is -0.122. The van der Waals surface area contributed by atoms with E-state index < -0.39 is 0 Å². The van der Waals surface area contributed by atoms with Crippen LogP contribution in [0.3, 0.4) is 0 Å². The molecule has 0 radical (unpaired) electrons. The Morgan fingerprint density at radius 1 is 1.64 bits per heavy atom. The van der Waals surface area contributed by atoms with E-state index in [-0.39, 0.29) is 30.1 Å². The van der Waals surface area contributed by atoms with Crippen LogP contribution in [0, 0.1) is 5.92 Å². The van der Waals surface area contributed by atoms with Crippen LogP contribution < -0.4 is 5.32 Å². The number of amides is 1. The van der Waals surface area contributed by atoms with E-state index in [1.54, 1.807) is 0 Å². The van der Waals surface area contributed by atoms with E-state index in [0.717, 1.165) is 6.42 Å². The van der Waals surface area contributed by atoms with Crippen LogP contribution in [0.15, 0.2) is 0 Å². The quantitative estimate of drug-likeness (QED) is 0.590. The molecule has 0 aromatic heterocycles. The van der Waals surface area contributed by atoms with Crippen molar-refractivity contribution in [1.29, 1.82) is 0 Å². The van der Waals surface area contributed by atoms with E-state index in [0.29, 0.717) is 0 Å². The second-order valence-electron chi connectivity index (χ2n) is 3.07. The van der Waals surface area contributed by atoms with Crippen molar-refractivity contribution >= 4 is 11.7 Å². The monoisotopic (exact) mass is 155 g/mol. The lowest BCUT2D eigenvalue weighted by Gasteiger charge is -2.14. The van der Waals surface area contributed by atoms with Gasteiger partial charge in [-0.15, -0.1) is 0 Å². The lowest BCUT2D eigenvalue weighted by atomic mass is 9.97. The summed E-state index contributed by atoms with van der Waals surface area (Å²) < 4.78 is 0. The fourth-order valence-corrected chi connectivity index (χ4v) is 1.27. The van der Waals surface area contributed by atoms with E-state index in [4.69, 9.17) is 0 Å². The zero-order valence-corrected chi connectivity index (χ0v) is 6.89. The molecule has 0 aliphatic carbocycles. The number of nitrogens with one attached hydrogen (secondary N) is 1. The second kappa shape index (κ2) is 3.03. The van der Waals surface area contributed by atoms with Gasteiger partial charge in [-0.25, -0.2) is 0 Å². The Morgan fingerprint density at radius 3 is 2.64 bits per heavy atom. The molecular weight excluding hydrogens is 142 g/mol. The number of hydrogen-bond acceptors (Lipinski definition) is 2. The van der Waals surface area contributed by atoms with Crippen molar-refractivity contribution in [3.8, 4) is 0 Å². The highest BCUT2D eigenvalue weighted by molar-refractivity contribution is 6.07. The van der Waals surface area contributed by atoms with Gasteiger partial charge < -0.3 is 5.32 Å². The van der Waals surface area contributed by atoms with E-state index in [1.807, 2.05) is 13.8 Å². The number of ketones is 1. The Labute approximate surface area is 66.2 Å². The minimum absolute atomic E-state index is 0.0457. The SMILES string of the molecule is CC[C@H](C)[C@@H]1NC(=O)CC1=O. The topological polar surface area (TPSA) is 46.2 Å². The molecule has 0 aromatic rings. The summed E-state index contributed by atoms with van der Waals surface area (Å²) >= 11 is 0. The third-order valence-corrected chi connectivity index (χ3v) is 2.21. The lowest BCUT2D eigenvalue weighted by Crippen LogP contribution is -2.35. The van der Waals surface area contributed by atoms with Crippen molar-refractivity contribution in [2.24, 2.45) is 5.92 Å². The molecule has 1 rings (SSSR count). The van der Waals surface area contributed by atoms with Gasteiger partial charge in [-0.3, -0.25) is 9.59 Å². The van der Waals surface area contributed by atoms with Crippen LogP contribution in [0.1, 0.15) is 26.7 Å². The maximum absolute atomic E-state index is 11.1. The number of Topliss-reactive ketones (excluding diaryl/α,β-unsaturated/α-hetero) is 1. The highest BCUT2D eigenvalue weighted by Crippen LogP contribution is 2.14. The number of carbonyl (C=O) groups excluding carboxylic acids is 2. The first-order valence-electron chi connectivity index (χ1n) is 3.97. The average Bonchev–Trinajstić information content (AvgIpc) is 2.28. The number of carbonyl (C=O) groups is 2. The Hall–Kier alpha value is -0.860. The molecule has 11 heavy (non-hydrogen) atoms. The van der Waals surface area contributed by atoms with Crippen LogP contribution in [0.25, 0.3) is 0 Å². The van der Waals surface area contributed by atoms with Crippen molar-refractivity contribution in [2.45, 2.75) is 32.7 Å². The van der Waals surface area contributed by atoms with Gasteiger partial charge in [-0.1, -0.05) is 20.3 Å². The molecule has 1 N–H and O–H groups in total. The van der Waals surface area contributed by atoms with Crippen LogP contribution >= 0.6 is 0 Å².